The van der Waals surface area contributed by atoms with E-state index in [-0.39, 0.29) is 6.54 Å². The van der Waals surface area contributed by atoms with Crippen LogP contribution in [0.15, 0.2) is 48.5 Å². The van der Waals surface area contributed by atoms with E-state index in [1.165, 1.54) is 4.31 Å². The van der Waals surface area contributed by atoms with Crippen molar-refractivity contribution in [2.75, 3.05) is 19.6 Å². The maximum Gasteiger partial charge on any atom is 0.279 e. The van der Waals surface area contributed by atoms with Crippen molar-refractivity contribution in [1.29, 1.82) is 0 Å². The lowest BCUT2D eigenvalue weighted by Gasteiger charge is -2.19. The second-order valence-electron chi connectivity index (χ2n) is 6.06. The molecule has 0 bridgehead atoms. The fourth-order valence-corrected chi connectivity index (χ4v) is 4.64. The van der Waals surface area contributed by atoms with E-state index in [2.05, 4.69) is 21.4 Å². The monoisotopic (exact) mass is 345 g/mol. The molecule has 24 heavy (non-hydrogen) atoms. The lowest BCUT2D eigenvalue weighted by molar-refractivity contribution is 0.133. The number of fused-ring (bicyclic) bond motifs is 3. The third-order valence-electron chi connectivity index (χ3n) is 4.47. The van der Waals surface area contributed by atoms with Crippen LogP contribution in [-0.4, -0.2) is 48.1 Å². The molecule has 2 aromatic carbocycles. The van der Waals surface area contributed by atoms with E-state index in [9.17, 15) is 13.5 Å². The van der Waals surface area contributed by atoms with Gasteiger partial charge < -0.3 is 9.67 Å². The Morgan fingerprint density at radius 1 is 1.00 bits per heavy atom. The SMILES string of the molecule is O=S1(=O)NCCN1CC(O)Cn1c2ccccc2c2ccccc21. The van der Waals surface area contributed by atoms with Gasteiger partial charge in [-0.15, -0.1) is 0 Å². The molecule has 1 fully saturated rings. The first kappa shape index (κ1) is 15.6. The molecule has 0 spiro atoms. The first-order valence-electron chi connectivity index (χ1n) is 7.95. The fourth-order valence-electron chi connectivity index (χ4n) is 3.40. The van der Waals surface area contributed by atoms with Crippen molar-refractivity contribution in [3.05, 3.63) is 48.5 Å². The van der Waals surface area contributed by atoms with Crippen LogP contribution in [0.25, 0.3) is 21.8 Å². The quantitative estimate of drug-likeness (QED) is 0.749. The number of β-amino-alcohol motifs (C(OH)–C–C–N with tert-alkyl or cyclic N) is 1. The molecule has 2 heterocycles. The summed E-state index contributed by atoms with van der Waals surface area (Å²) in [6, 6.07) is 16.1. The van der Waals surface area contributed by atoms with Crippen molar-refractivity contribution >= 4 is 32.0 Å². The number of para-hydroxylation sites is 2. The van der Waals surface area contributed by atoms with E-state index in [1.54, 1.807) is 0 Å². The van der Waals surface area contributed by atoms with Crippen molar-refractivity contribution in [2.45, 2.75) is 12.6 Å². The molecule has 0 amide bonds. The van der Waals surface area contributed by atoms with Crippen molar-refractivity contribution in [3.63, 3.8) is 0 Å². The van der Waals surface area contributed by atoms with Crippen LogP contribution in [0.3, 0.4) is 0 Å². The first-order valence-corrected chi connectivity index (χ1v) is 9.39. The predicted molar refractivity (Wildman–Crippen MR) is 93.9 cm³/mol. The van der Waals surface area contributed by atoms with Crippen LogP contribution in [0, 0.1) is 0 Å². The third kappa shape index (κ3) is 2.59. The number of rotatable bonds is 4. The first-order chi connectivity index (χ1) is 11.6. The van der Waals surface area contributed by atoms with E-state index in [0.29, 0.717) is 19.6 Å². The molecule has 2 N–H and O–H groups in total. The van der Waals surface area contributed by atoms with Gasteiger partial charge in [0.25, 0.3) is 10.2 Å². The van der Waals surface area contributed by atoms with Gasteiger partial charge in [-0.3, -0.25) is 0 Å². The smallest absolute Gasteiger partial charge is 0.279 e. The van der Waals surface area contributed by atoms with Gasteiger partial charge in [0.2, 0.25) is 0 Å². The molecule has 1 aromatic heterocycles. The Balaban J connectivity index is 1.68. The Labute approximate surface area is 140 Å². The molecule has 1 atom stereocenters. The van der Waals surface area contributed by atoms with Crippen molar-refractivity contribution in [2.24, 2.45) is 0 Å². The molecule has 0 saturated carbocycles. The Kier molecular flexibility index (Phi) is 3.80. The van der Waals surface area contributed by atoms with E-state index in [0.717, 1.165) is 21.8 Å². The molecule has 0 radical (unpaired) electrons. The number of aromatic nitrogens is 1. The molecule has 7 heteroatoms. The normalized spacial score (nSPS) is 19.2. The van der Waals surface area contributed by atoms with Crippen LogP contribution in [0.4, 0.5) is 0 Å². The van der Waals surface area contributed by atoms with Crippen LogP contribution in [0.1, 0.15) is 0 Å². The van der Waals surface area contributed by atoms with E-state index in [1.807, 2.05) is 36.4 Å². The molecule has 3 aromatic rings. The van der Waals surface area contributed by atoms with Gasteiger partial charge in [-0.25, -0.2) is 4.72 Å². The van der Waals surface area contributed by atoms with Gasteiger partial charge in [-0.05, 0) is 12.1 Å². The van der Waals surface area contributed by atoms with Crippen LogP contribution in [0.2, 0.25) is 0 Å². The maximum atomic E-state index is 11.8. The topological polar surface area (TPSA) is 74.6 Å². The highest BCUT2D eigenvalue weighted by Gasteiger charge is 2.29. The highest BCUT2D eigenvalue weighted by atomic mass is 32.2. The summed E-state index contributed by atoms with van der Waals surface area (Å²) >= 11 is 0. The van der Waals surface area contributed by atoms with Gasteiger partial charge in [0.15, 0.2) is 0 Å². The minimum atomic E-state index is -3.43. The molecule has 6 nitrogen and oxygen atoms in total. The average molecular weight is 345 g/mol. The zero-order chi connectivity index (χ0) is 16.7. The summed E-state index contributed by atoms with van der Waals surface area (Å²) in [5.41, 5.74) is 2.08. The van der Waals surface area contributed by atoms with E-state index >= 15 is 0 Å². The Morgan fingerprint density at radius 3 is 2.12 bits per heavy atom. The van der Waals surface area contributed by atoms with E-state index in [4.69, 9.17) is 0 Å². The number of aliphatic hydroxyl groups is 1. The van der Waals surface area contributed by atoms with E-state index < -0.39 is 16.3 Å². The molecule has 1 unspecified atom stereocenters. The van der Waals surface area contributed by atoms with Gasteiger partial charge in [-0.1, -0.05) is 36.4 Å². The number of benzene rings is 2. The number of nitrogens with zero attached hydrogens (tertiary/aromatic N) is 2. The average Bonchev–Trinajstić information content (AvgIpc) is 3.06. The minimum absolute atomic E-state index is 0.0934. The van der Waals surface area contributed by atoms with Gasteiger partial charge in [0.1, 0.15) is 0 Å². The van der Waals surface area contributed by atoms with Crippen molar-refractivity contribution in [3.8, 4) is 0 Å². The van der Waals surface area contributed by atoms with Crippen LogP contribution >= 0.6 is 0 Å². The standard InChI is InChI=1S/C17H19N3O3S/c21-13(11-19-10-9-18-24(19,22)23)12-20-16-7-3-1-5-14(16)15-6-2-4-8-17(15)20/h1-8,13,18,21H,9-12H2. The lowest BCUT2D eigenvalue weighted by atomic mass is 10.2. The zero-order valence-electron chi connectivity index (χ0n) is 13.1. The molecule has 1 aliphatic heterocycles. The van der Waals surface area contributed by atoms with Crippen LogP contribution in [-0.2, 0) is 16.8 Å². The number of hydrogen-bond acceptors (Lipinski definition) is 3. The second-order valence-corrected chi connectivity index (χ2v) is 7.81. The number of aliphatic hydroxyl groups excluding tert-OH is 1. The molecule has 1 aliphatic rings. The summed E-state index contributed by atoms with van der Waals surface area (Å²) in [4.78, 5) is 0. The molecule has 1 saturated heterocycles. The summed E-state index contributed by atoms with van der Waals surface area (Å²) < 4.78 is 29.5. The predicted octanol–water partition coefficient (Wildman–Crippen LogP) is 1.31. The minimum Gasteiger partial charge on any atom is -0.390 e. The lowest BCUT2D eigenvalue weighted by Crippen LogP contribution is -2.37. The highest BCUT2D eigenvalue weighted by molar-refractivity contribution is 7.87. The number of nitrogens with one attached hydrogen (secondary N) is 1. The molecular weight excluding hydrogens is 326 g/mol. The van der Waals surface area contributed by atoms with Gasteiger partial charge in [0, 0.05) is 41.4 Å². The van der Waals surface area contributed by atoms with Gasteiger partial charge in [-0.2, -0.15) is 12.7 Å². The van der Waals surface area contributed by atoms with Crippen LogP contribution in [0.5, 0.6) is 0 Å². The summed E-state index contributed by atoms with van der Waals surface area (Å²) in [6.07, 6.45) is -0.779. The fraction of sp³-hybridized carbons (Fsp3) is 0.294. The van der Waals surface area contributed by atoms with Crippen LogP contribution < -0.4 is 4.72 Å². The molecule has 4 rings (SSSR count). The summed E-state index contributed by atoms with van der Waals surface area (Å²) in [5.74, 6) is 0. The number of hydrogen-bond donors (Lipinski definition) is 2. The van der Waals surface area contributed by atoms with Gasteiger partial charge >= 0.3 is 0 Å². The highest BCUT2D eigenvalue weighted by Crippen LogP contribution is 2.28. The maximum absolute atomic E-state index is 11.8. The summed E-state index contributed by atoms with van der Waals surface area (Å²) in [5, 5.41) is 12.7. The second kappa shape index (κ2) is 5.86. The molecule has 0 aliphatic carbocycles. The van der Waals surface area contributed by atoms with Crippen molar-refractivity contribution < 1.29 is 13.5 Å². The third-order valence-corrected chi connectivity index (χ3v) is 6.05. The zero-order valence-corrected chi connectivity index (χ0v) is 13.9. The van der Waals surface area contributed by atoms with Gasteiger partial charge in [0.05, 0.1) is 12.6 Å². The Bertz CT molecular complexity index is 943. The summed E-state index contributed by atoms with van der Waals surface area (Å²) in [7, 11) is -3.43. The largest absolute Gasteiger partial charge is 0.390 e. The molecule has 126 valence electrons. The Morgan fingerprint density at radius 2 is 1.58 bits per heavy atom. The molecular formula is C17H19N3O3S. The summed E-state index contributed by atoms with van der Waals surface area (Å²) in [6.45, 7) is 1.23. The Hall–Kier alpha value is -1.93. The van der Waals surface area contributed by atoms with Crippen molar-refractivity contribution in [1.82, 2.24) is 13.6 Å².